The third kappa shape index (κ3) is 3.67. The van der Waals surface area contributed by atoms with Crippen LogP contribution in [0.2, 0.25) is 0 Å². The molecule has 20 heavy (non-hydrogen) atoms. The van der Waals surface area contributed by atoms with E-state index in [9.17, 15) is 9.59 Å². The van der Waals surface area contributed by atoms with Gasteiger partial charge >= 0.3 is 0 Å². The van der Waals surface area contributed by atoms with Crippen molar-refractivity contribution in [3.8, 4) is 0 Å². The Bertz CT molecular complexity index is 634. The van der Waals surface area contributed by atoms with Gasteiger partial charge in [0.05, 0.1) is 6.42 Å². The highest BCUT2D eigenvalue weighted by Gasteiger charge is 2.10. The molecular formula is C17H19NO2. The minimum Gasteiger partial charge on any atom is -0.345 e. The third-order valence-electron chi connectivity index (χ3n) is 3.38. The second-order valence-corrected chi connectivity index (χ2v) is 5.13. The number of carbonyl (C=O) groups excluding carboxylic acids is 2. The van der Waals surface area contributed by atoms with E-state index in [1.54, 1.807) is 11.9 Å². The Kier molecular flexibility index (Phi) is 4.51. The van der Waals surface area contributed by atoms with E-state index in [0.717, 1.165) is 6.42 Å². The van der Waals surface area contributed by atoms with E-state index < -0.39 is 0 Å². The van der Waals surface area contributed by atoms with E-state index >= 15 is 0 Å². The van der Waals surface area contributed by atoms with Crippen molar-refractivity contribution in [2.24, 2.45) is 0 Å². The summed E-state index contributed by atoms with van der Waals surface area (Å²) < 4.78 is 0. The number of carbonyl (C=O) groups is 2. The molecule has 0 atom stereocenters. The maximum absolute atomic E-state index is 11.7. The minimum absolute atomic E-state index is 0.00573. The first-order chi connectivity index (χ1) is 9.56. The van der Waals surface area contributed by atoms with E-state index in [4.69, 9.17) is 0 Å². The van der Waals surface area contributed by atoms with E-state index in [-0.39, 0.29) is 18.1 Å². The first-order valence-corrected chi connectivity index (χ1v) is 6.77. The number of nitrogens with zero attached hydrogens (tertiary/aromatic N) is 1. The highest BCUT2D eigenvalue weighted by atomic mass is 16.2. The van der Waals surface area contributed by atoms with Gasteiger partial charge in [-0.1, -0.05) is 42.5 Å². The zero-order chi connectivity index (χ0) is 14.5. The molecular weight excluding hydrogens is 250 g/mol. The van der Waals surface area contributed by atoms with Crippen LogP contribution in [-0.4, -0.2) is 30.2 Å². The first-order valence-electron chi connectivity index (χ1n) is 6.77. The summed E-state index contributed by atoms with van der Waals surface area (Å²) in [4.78, 5) is 24.2. The standard InChI is InChI=1S/C17H19NO2/c1-13(19)11-17(20)18(2)10-9-14-7-8-15-5-3-4-6-16(15)12-14/h3-8,12H,9-11H2,1-2H3. The molecule has 104 valence electrons. The van der Waals surface area contributed by atoms with E-state index in [1.807, 2.05) is 12.1 Å². The fourth-order valence-corrected chi connectivity index (χ4v) is 2.16. The Balaban J connectivity index is 1.98. The molecule has 3 heteroatoms. The molecule has 0 radical (unpaired) electrons. The second kappa shape index (κ2) is 6.33. The normalized spacial score (nSPS) is 10.5. The molecule has 0 unspecified atom stereocenters. The van der Waals surface area contributed by atoms with Crippen LogP contribution in [0.5, 0.6) is 0 Å². The SMILES string of the molecule is CC(=O)CC(=O)N(C)CCc1ccc2ccccc2c1. The summed E-state index contributed by atoms with van der Waals surface area (Å²) in [6.07, 6.45) is 0.791. The number of hydrogen-bond acceptors (Lipinski definition) is 2. The van der Waals surface area contributed by atoms with Crippen LogP contribution in [0.4, 0.5) is 0 Å². The van der Waals surface area contributed by atoms with E-state index in [0.29, 0.717) is 6.54 Å². The summed E-state index contributed by atoms with van der Waals surface area (Å²) in [5.74, 6) is -0.203. The van der Waals surface area contributed by atoms with Crippen LogP contribution in [0.15, 0.2) is 42.5 Å². The number of likely N-dealkylation sites (N-methyl/N-ethyl adjacent to an activating group) is 1. The fourth-order valence-electron chi connectivity index (χ4n) is 2.16. The van der Waals surface area contributed by atoms with Crippen LogP contribution in [0.25, 0.3) is 10.8 Å². The Hall–Kier alpha value is -2.16. The van der Waals surface area contributed by atoms with Gasteiger partial charge in [0.15, 0.2) is 0 Å². The van der Waals surface area contributed by atoms with Gasteiger partial charge in [-0.3, -0.25) is 9.59 Å². The Morgan fingerprint density at radius 3 is 2.45 bits per heavy atom. The topological polar surface area (TPSA) is 37.4 Å². The molecule has 0 heterocycles. The summed E-state index contributed by atoms with van der Waals surface area (Å²) in [5.41, 5.74) is 1.20. The largest absolute Gasteiger partial charge is 0.345 e. The van der Waals surface area contributed by atoms with Gasteiger partial charge in [-0.15, -0.1) is 0 Å². The smallest absolute Gasteiger partial charge is 0.229 e. The monoisotopic (exact) mass is 269 g/mol. The van der Waals surface area contributed by atoms with Gasteiger partial charge in [0.2, 0.25) is 5.91 Å². The number of benzene rings is 2. The van der Waals surface area contributed by atoms with Gasteiger partial charge in [-0.05, 0) is 29.7 Å². The lowest BCUT2D eigenvalue weighted by atomic mass is 10.0. The van der Waals surface area contributed by atoms with E-state index in [1.165, 1.54) is 23.3 Å². The molecule has 0 spiro atoms. The molecule has 0 fully saturated rings. The number of amides is 1. The Morgan fingerprint density at radius 2 is 1.75 bits per heavy atom. The second-order valence-electron chi connectivity index (χ2n) is 5.13. The lowest BCUT2D eigenvalue weighted by Gasteiger charge is -2.16. The van der Waals surface area contributed by atoms with Gasteiger partial charge in [0.1, 0.15) is 5.78 Å². The van der Waals surface area contributed by atoms with Gasteiger partial charge in [0.25, 0.3) is 0 Å². The maximum Gasteiger partial charge on any atom is 0.229 e. The van der Waals surface area contributed by atoms with Crippen molar-refractivity contribution in [1.82, 2.24) is 4.90 Å². The zero-order valence-electron chi connectivity index (χ0n) is 11.9. The molecule has 1 amide bonds. The van der Waals surface area contributed by atoms with Crippen molar-refractivity contribution in [1.29, 1.82) is 0 Å². The Labute approximate surface area is 119 Å². The quantitative estimate of drug-likeness (QED) is 0.783. The van der Waals surface area contributed by atoms with Crippen molar-refractivity contribution < 1.29 is 9.59 Å². The van der Waals surface area contributed by atoms with E-state index in [2.05, 4.69) is 30.3 Å². The molecule has 0 N–H and O–H groups in total. The predicted molar refractivity (Wildman–Crippen MR) is 80.6 cm³/mol. The first kappa shape index (κ1) is 14.3. The summed E-state index contributed by atoms with van der Waals surface area (Å²) in [6, 6.07) is 14.6. The van der Waals surface area contributed by atoms with Crippen LogP contribution in [-0.2, 0) is 16.0 Å². The third-order valence-corrected chi connectivity index (χ3v) is 3.38. The average Bonchev–Trinajstić information content (AvgIpc) is 2.43. The molecule has 3 nitrogen and oxygen atoms in total. The van der Waals surface area contributed by atoms with Crippen molar-refractivity contribution >= 4 is 22.5 Å². The van der Waals surface area contributed by atoms with Crippen molar-refractivity contribution in [2.45, 2.75) is 19.8 Å². The molecule has 0 bridgehead atoms. The van der Waals surface area contributed by atoms with Crippen LogP contribution in [0, 0.1) is 0 Å². The highest BCUT2D eigenvalue weighted by Crippen LogP contribution is 2.16. The molecule has 0 aliphatic rings. The van der Waals surface area contributed by atoms with Gasteiger partial charge < -0.3 is 4.90 Å². The summed E-state index contributed by atoms with van der Waals surface area (Å²) in [7, 11) is 1.74. The number of rotatable bonds is 5. The fraction of sp³-hybridized carbons (Fsp3) is 0.294. The molecule has 0 saturated heterocycles. The van der Waals surface area contributed by atoms with Crippen LogP contribution >= 0.6 is 0 Å². The molecule has 2 aromatic carbocycles. The average molecular weight is 269 g/mol. The molecule has 0 saturated carbocycles. The minimum atomic E-state index is -0.113. The van der Waals surface area contributed by atoms with Crippen LogP contribution in [0.3, 0.4) is 0 Å². The maximum atomic E-state index is 11.7. The van der Waals surface area contributed by atoms with Crippen molar-refractivity contribution in [2.75, 3.05) is 13.6 Å². The van der Waals surface area contributed by atoms with Crippen LogP contribution in [0.1, 0.15) is 18.9 Å². The predicted octanol–water partition coefficient (Wildman–Crippen LogP) is 2.82. The van der Waals surface area contributed by atoms with Crippen molar-refractivity contribution in [3.05, 3.63) is 48.0 Å². The molecule has 0 aliphatic heterocycles. The summed E-state index contributed by atoms with van der Waals surface area (Å²) in [6.45, 7) is 2.07. The number of ketones is 1. The van der Waals surface area contributed by atoms with Crippen LogP contribution < -0.4 is 0 Å². The molecule has 2 aromatic rings. The Morgan fingerprint density at radius 1 is 1.05 bits per heavy atom. The highest BCUT2D eigenvalue weighted by molar-refractivity contribution is 5.96. The molecule has 2 rings (SSSR count). The summed E-state index contributed by atoms with van der Waals surface area (Å²) >= 11 is 0. The number of fused-ring (bicyclic) bond motifs is 1. The lowest BCUT2D eigenvalue weighted by molar-refractivity contribution is -0.133. The van der Waals surface area contributed by atoms with Gasteiger partial charge in [-0.2, -0.15) is 0 Å². The molecule has 0 aliphatic carbocycles. The lowest BCUT2D eigenvalue weighted by Crippen LogP contribution is -2.30. The zero-order valence-corrected chi connectivity index (χ0v) is 11.9. The molecule has 0 aromatic heterocycles. The summed E-state index contributed by atoms with van der Waals surface area (Å²) in [5, 5.41) is 2.43. The number of Topliss-reactive ketones (excluding diaryl/α,β-unsaturated/α-hetero) is 1. The van der Waals surface area contributed by atoms with Gasteiger partial charge in [-0.25, -0.2) is 0 Å². The number of hydrogen-bond donors (Lipinski definition) is 0. The van der Waals surface area contributed by atoms with Crippen molar-refractivity contribution in [3.63, 3.8) is 0 Å². The van der Waals surface area contributed by atoms with Gasteiger partial charge in [0, 0.05) is 13.6 Å².